The lowest BCUT2D eigenvalue weighted by Crippen LogP contribution is -2.35. The van der Waals surface area contributed by atoms with Crippen LogP contribution in [0.4, 0.5) is 0 Å². The van der Waals surface area contributed by atoms with Crippen LogP contribution in [0.15, 0.2) is 64.5 Å². The molecule has 1 saturated heterocycles. The molecule has 1 atom stereocenters. The van der Waals surface area contributed by atoms with E-state index in [1.807, 2.05) is 0 Å². The van der Waals surface area contributed by atoms with E-state index in [-0.39, 0.29) is 47.7 Å². The Morgan fingerprint density at radius 3 is 2.71 bits per heavy atom. The van der Waals surface area contributed by atoms with Crippen molar-refractivity contribution in [1.29, 1.82) is 0 Å². The number of aromatic nitrogens is 3. The molecule has 0 saturated carbocycles. The van der Waals surface area contributed by atoms with Gasteiger partial charge < -0.3 is 18.8 Å². The Hall–Kier alpha value is -4.31. The van der Waals surface area contributed by atoms with Crippen LogP contribution in [0, 0.1) is 0 Å². The van der Waals surface area contributed by atoms with Crippen molar-refractivity contribution in [3.8, 4) is 5.75 Å². The molecule has 4 aromatic rings. The van der Waals surface area contributed by atoms with Crippen molar-refractivity contribution < 1.29 is 23.8 Å². The van der Waals surface area contributed by atoms with Gasteiger partial charge in [0.15, 0.2) is 5.49 Å². The van der Waals surface area contributed by atoms with Gasteiger partial charge in [-0.1, -0.05) is 18.2 Å². The van der Waals surface area contributed by atoms with Crippen LogP contribution in [0.5, 0.6) is 5.75 Å². The van der Waals surface area contributed by atoms with Crippen molar-refractivity contribution in [2.45, 2.75) is 38.8 Å². The number of hydrogen-bond acceptors (Lipinski definition) is 7. The summed E-state index contributed by atoms with van der Waals surface area (Å²) < 4.78 is 19.4. The van der Waals surface area contributed by atoms with Gasteiger partial charge in [0.1, 0.15) is 22.6 Å². The number of carbonyl (C=O) groups is 2. The van der Waals surface area contributed by atoms with Crippen molar-refractivity contribution in [2.75, 3.05) is 20.3 Å². The second-order valence-electron chi connectivity index (χ2n) is 8.96. The van der Waals surface area contributed by atoms with Gasteiger partial charge in [0.05, 0.1) is 38.2 Å². The second kappa shape index (κ2) is 11.0. The number of ether oxygens (including phenoxy) is 3. The fraction of sp³-hybridized carbons (Fsp3) is 0.321. The highest BCUT2D eigenvalue weighted by Gasteiger charge is 2.23. The quantitative estimate of drug-likeness (QED) is 0.274. The van der Waals surface area contributed by atoms with Gasteiger partial charge in [-0.2, -0.15) is 4.99 Å². The third-order valence-electron chi connectivity index (χ3n) is 6.44. The first-order valence-corrected chi connectivity index (χ1v) is 12.5. The molecule has 4 heterocycles. The Labute approximate surface area is 218 Å². The SMILES string of the molecule is CCOC(=O)c1cc2c(=O)n3ccccc3nc2n(CC2CCCO2)c1=NC(=O)Cc1ccc(OC)cc1. The van der Waals surface area contributed by atoms with Crippen molar-refractivity contribution >= 4 is 28.6 Å². The van der Waals surface area contributed by atoms with E-state index in [0.29, 0.717) is 23.7 Å². The summed E-state index contributed by atoms with van der Waals surface area (Å²) in [4.78, 5) is 48.9. The van der Waals surface area contributed by atoms with E-state index in [0.717, 1.165) is 18.4 Å². The second-order valence-corrected chi connectivity index (χ2v) is 8.96. The van der Waals surface area contributed by atoms with Gasteiger partial charge in [-0.25, -0.2) is 9.78 Å². The van der Waals surface area contributed by atoms with Crippen molar-refractivity contribution in [3.05, 3.63) is 81.7 Å². The molecule has 0 N–H and O–H groups in total. The monoisotopic (exact) mass is 516 g/mol. The summed E-state index contributed by atoms with van der Waals surface area (Å²) >= 11 is 0. The molecule has 1 fully saturated rings. The molecule has 1 unspecified atom stereocenters. The Balaban J connectivity index is 1.74. The minimum absolute atomic E-state index is 0.0119. The standard InChI is InChI=1S/C28H28N4O6/c1-3-37-28(35)22-16-21-25(29-23-8-4-5-13-31(23)27(21)34)32(17-20-7-6-14-38-20)26(22)30-24(33)15-18-9-11-19(36-2)12-10-18/h4-5,8-13,16,20H,3,6-7,14-15,17H2,1-2H3. The first kappa shape index (κ1) is 25.3. The van der Waals surface area contributed by atoms with Crippen molar-refractivity contribution in [1.82, 2.24) is 14.0 Å². The molecule has 1 aliphatic rings. The number of benzene rings is 1. The highest BCUT2D eigenvalue weighted by atomic mass is 16.5. The van der Waals surface area contributed by atoms with Gasteiger partial charge in [0.25, 0.3) is 11.5 Å². The number of rotatable bonds is 7. The third-order valence-corrected chi connectivity index (χ3v) is 6.44. The number of esters is 1. The summed E-state index contributed by atoms with van der Waals surface area (Å²) in [6.45, 7) is 2.70. The van der Waals surface area contributed by atoms with Gasteiger partial charge in [0.2, 0.25) is 0 Å². The lowest BCUT2D eigenvalue weighted by Gasteiger charge is -2.18. The average Bonchev–Trinajstić information content (AvgIpc) is 3.44. The summed E-state index contributed by atoms with van der Waals surface area (Å²) in [5, 5.41) is 0.219. The van der Waals surface area contributed by atoms with Crippen molar-refractivity contribution in [3.63, 3.8) is 0 Å². The van der Waals surface area contributed by atoms with Crippen LogP contribution < -0.4 is 15.8 Å². The number of methoxy groups -OCH3 is 1. The van der Waals surface area contributed by atoms with Gasteiger partial charge in [-0.15, -0.1) is 0 Å². The predicted molar refractivity (Wildman–Crippen MR) is 139 cm³/mol. The number of amides is 1. The van der Waals surface area contributed by atoms with E-state index in [9.17, 15) is 14.4 Å². The number of fused-ring (bicyclic) bond motifs is 2. The molecular weight excluding hydrogens is 488 g/mol. The zero-order chi connectivity index (χ0) is 26.6. The minimum Gasteiger partial charge on any atom is -0.497 e. The third kappa shape index (κ3) is 5.08. The van der Waals surface area contributed by atoms with Crippen LogP contribution in [0.25, 0.3) is 16.7 Å². The van der Waals surface area contributed by atoms with E-state index < -0.39 is 11.9 Å². The molecule has 5 rings (SSSR count). The van der Waals surface area contributed by atoms with Gasteiger partial charge in [-0.05, 0) is 55.7 Å². The molecule has 0 aliphatic carbocycles. The molecule has 0 bridgehead atoms. The van der Waals surface area contributed by atoms with E-state index in [1.165, 1.54) is 10.5 Å². The minimum atomic E-state index is -0.677. The van der Waals surface area contributed by atoms with Gasteiger partial charge in [0, 0.05) is 12.8 Å². The highest BCUT2D eigenvalue weighted by molar-refractivity contribution is 5.93. The smallest absolute Gasteiger partial charge is 0.341 e. The highest BCUT2D eigenvalue weighted by Crippen LogP contribution is 2.18. The van der Waals surface area contributed by atoms with Crippen LogP contribution in [-0.4, -0.2) is 52.3 Å². The molecule has 10 nitrogen and oxygen atoms in total. The maximum absolute atomic E-state index is 13.5. The van der Waals surface area contributed by atoms with Crippen LogP contribution in [0.2, 0.25) is 0 Å². The first-order valence-electron chi connectivity index (χ1n) is 12.5. The molecular formula is C28H28N4O6. The van der Waals surface area contributed by atoms with Crippen LogP contribution in [0.3, 0.4) is 0 Å². The van der Waals surface area contributed by atoms with Gasteiger partial charge in [-0.3, -0.25) is 14.0 Å². The van der Waals surface area contributed by atoms with E-state index in [4.69, 9.17) is 19.2 Å². The topological polar surface area (TPSA) is 113 Å². The molecule has 196 valence electrons. The zero-order valence-corrected chi connectivity index (χ0v) is 21.3. The summed E-state index contributed by atoms with van der Waals surface area (Å²) in [5.74, 6) is -0.459. The summed E-state index contributed by atoms with van der Waals surface area (Å²) in [5.41, 5.74) is 1.28. The summed E-state index contributed by atoms with van der Waals surface area (Å²) in [6, 6.07) is 13.8. The number of hydrogen-bond donors (Lipinski definition) is 0. The Kier molecular flexibility index (Phi) is 7.32. The maximum Gasteiger partial charge on any atom is 0.341 e. The molecule has 0 radical (unpaired) electrons. The molecule has 38 heavy (non-hydrogen) atoms. The molecule has 1 amide bonds. The first-order chi connectivity index (χ1) is 18.5. The molecule has 3 aromatic heterocycles. The number of nitrogens with zero attached hydrogens (tertiary/aromatic N) is 4. The zero-order valence-electron chi connectivity index (χ0n) is 21.3. The fourth-order valence-corrected chi connectivity index (χ4v) is 4.60. The Morgan fingerprint density at radius 1 is 1.18 bits per heavy atom. The lowest BCUT2D eigenvalue weighted by atomic mass is 10.1. The molecule has 0 spiro atoms. The van der Waals surface area contributed by atoms with E-state index in [2.05, 4.69) is 4.99 Å². The summed E-state index contributed by atoms with van der Waals surface area (Å²) in [7, 11) is 1.57. The van der Waals surface area contributed by atoms with Gasteiger partial charge >= 0.3 is 5.97 Å². The predicted octanol–water partition coefficient (Wildman–Crippen LogP) is 2.68. The largest absolute Gasteiger partial charge is 0.497 e. The maximum atomic E-state index is 13.5. The average molecular weight is 517 g/mol. The van der Waals surface area contributed by atoms with Crippen molar-refractivity contribution in [2.24, 2.45) is 4.99 Å². The van der Waals surface area contributed by atoms with E-state index >= 15 is 0 Å². The normalized spacial score (nSPS) is 15.7. The molecule has 1 aliphatic heterocycles. The van der Waals surface area contributed by atoms with Crippen LogP contribution in [-0.2, 0) is 27.2 Å². The number of pyridine rings is 2. The fourth-order valence-electron chi connectivity index (χ4n) is 4.60. The molecule has 10 heteroatoms. The van der Waals surface area contributed by atoms with Crippen LogP contribution in [0.1, 0.15) is 35.7 Å². The Bertz CT molecular complexity index is 1630. The Morgan fingerprint density at radius 2 is 2.00 bits per heavy atom. The van der Waals surface area contributed by atoms with Crippen LogP contribution >= 0.6 is 0 Å². The van der Waals surface area contributed by atoms with E-state index in [1.54, 1.807) is 67.3 Å². The molecule has 1 aromatic carbocycles. The lowest BCUT2D eigenvalue weighted by molar-refractivity contribution is -0.117. The number of carbonyl (C=O) groups excluding carboxylic acids is 2. The summed E-state index contributed by atoms with van der Waals surface area (Å²) in [6.07, 6.45) is 3.14.